The van der Waals surface area contributed by atoms with Gasteiger partial charge < -0.3 is 20.2 Å². The number of aliphatic hydroxyl groups excluding tert-OH is 2. The summed E-state index contributed by atoms with van der Waals surface area (Å²) in [5, 5.41) is 21.0. The quantitative estimate of drug-likeness (QED) is 0.0795. The largest absolute Gasteiger partial charge is 0.382 e. The molecule has 0 aliphatic carbocycles. The van der Waals surface area contributed by atoms with Gasteiger partial charge in [0.2, 0.25) is 17.5 Å². The number of H-pyrrole nitrogens is 2. The highest BCUT2D eigenvalue weighted by Gasteiger charge is 2.36. The highest BCUT2D eigenvalue weighted by atomic mass is 19.2. The van der Waals surface area contributed by atoms with Crippen molar-refractivity contribution in [2.75, 3.05) is 0 Å². The monoisotopic (exact) mass is 704 g/mol. The molecule has 3 aromatic carbocycles. The van der Waals surface area contributed by atoms with Gasteiger partial charge in [-0.25, -0.2) is 65.9 Å². The smallest absolute Gasteiger partial charge is 0.200 e. The third kappa shape index (κ3) is 5.16. The van der Waals surface area contributed by atoms with Crippen LogP contribution >= 0.6 is 0 Å². The lowest BCUT2D eigenvalue weighted by Crippen LogP contribution is -2.14. The van der Waals surface area contributed by atoms with Crippen LogP contribution < -0.4 is 0 Å². The summed E-state index contributed by atoms with van der Waals surface area (Å²) < 4.78 is 212. The summed E-state index contributed by atoms with van der Waals surface area (Å²) in [5.41, 5.74) is -8.41. The molecule has 4 nitrogen and oxygen atoms in total. The van der Waals surface area contributed by atoms with E-state index in [0.29, 0.717) is 24.5 Å². The van der Waals surface area contributed by atoms with Gasteiger partial charge in [-0.15, -0.1) is 0 Å². The Morgan fingerprint density at radius 2 is 0.583 bits per heavy atom. The predicted molar refractivity (Wildman–Crippen MR) is 129 cm³/mol. The first-order valence-corrected chi connectivity index (χ1v) is 12.7. The average Bonchev–Trinajstić information content (AvgIpc) is 3.76. The van der Waals surface area contributed by atoms with E-state index in [4.69, 9.17) is 0 Å². The molecule has 0 fully saturated rings. The van der Waals surface area contributed by atoms with Crippen molar-refractivity contribution in [2.24, 2.45) is 0 Å². The van der Waals surface area contributed by atoms with Gasteiger partial charge in [0.15, 0.2) is 69.8 Å². The van der Waals surface area contributed by atoms with Crippen LogP contribution in [-0.2, 0) is 0 Å². The molecular weight excluding hydrogens is 693 g/mol. The van der Waals surface area contributed by atoms with E-state index >= 15 is 8.78 Å². The number of benzene rings is 3. The predicted octanol–water partition coefficient (Wildman–Crippen LogP) is 7.77. The standard InChI is InChI=1S/C29H11F15N2O2/c30-13-10(14(31)20(37)25(42)19(13)36)9(5-1-7(45-3-5)28(47)11-15(32)21(38)26(43)22(39)16(11)33)6-2-8(46-4-6)29(48)12-17(34)23(40)27(44)24(41)18(12)35/h1-4,9,28-29,45-48H. The molecule has 0 aliphatic heterocycles. The highest BCUT2D eigenvalue weighted by Crippen LogP contribution is 2.41. The number of hydrogen-bond acceptors (Lipinski definition) is 2. The van der Waals surface area contributed by atoms with Gasteiger partial charge in [-0.3, -0.25) is 0 Å². The molecule has 0 bridgehead atoms. The summed E-state index contributed by atoms with van der Waals surface area (Å²) in [5.74, 6) is -39.9. The van der Waals surface area contributed by atoms with Crippen molar-refractivity contribution >= 4 is 0 Å². The van der Waals surface area contributed by atoms with Crippen LogP contribution in [0.2, 0.25) is 0 Å². The van der Waals surface area contributed by atoms with Gasteiger partial charge in [0.05, 0.1) is 11.1 Å². The molecular formula is C29H11F15N2O2. The first-order chi connectivity index (χ1) is 22.4. The SMILES string of the molecule is OC(c1cc(C(c2c[nH]c(C(O)c3c(F)c(F)c(F)c(F)c3F)c2)c2c(F)c(F)c(F)c(F)c2F)c[nH]1)c1c(F)c(F)c(F)c(F)c1F. The van der Waals surface area contributed by atoms with Crippen molar-refractivity contribution < 1.29 is 76.1 Å². The van der Waals surface area contributed by atoms with E-state index in [1.54, 1.807) is 0 Å². The molecule has 254 valence electrons. The number of rotatable bonds is 7. The minimum Gasteiger partial charge on any atom is -0.382 e. The molecule has 0 aliphatic rings. The lowest BCUT2D eigenvalue weighted by molar-refractivity contribution is 0.198. The Kier molecular flexibility index (Phi) is 8.80. The molecule has 0 radical (unpaired) electrons. The first kappa shape index (κ1) is 34.4. The summed E-state index contributed by atoms with van der Waals surface area (Å²) in [7, 11) is 0. The second-order valence-electron chi connectivity index (χ2n) is 9.97. The third-order valence-corrected chi connectivity index (χ3v) is 7.28. The zero-order chi connectivity index (χ0) is 35.7. The fraction of sp³-hybridized carbons (Fsp3) is 0.103. The number of aromatic amines is 2. The topological polar surface area (TPSA) is 72.0 Å². The normalized spacial score (nSPS) is 13.7. The maximum atomic E-state index is 15.1. The van der Waals surface area contributed by atoms with Gasteiger partial charge in [-0.05, 0) is 23.3 Å². The first-order valence-electron chi connectivity index (χ1n) is 12.7. The molecule has 19 heteroatoms. The van der Waals surface area contributed by atoms with Crippen molar-refractivity contribution in [2.45, 2.75) is 18.1 Å². The van der Waals surface area contributed by atoms with Crippen LogP contribution in [0.5, 0.6) is 0 Å². The van der Waals surface area contributed by atoms with Gasteiger partial charge >= 0.3 is 0 Å². The van der Waals surface area contributed by atoms with Crippen LogP contribution in [0.4, 0.5) is 65.9 Å². The number of aliphatic hydroxyl groups is 2. The van der Waals surface area contributed by atoms with Crippen LogP contribution in [0.3, 0.4) is 0 Å². The molecule has 0 saturated heterocycles. The van der Waals surface area contributed by atoms with E-state index in [-0.39, 0.29) is 0 Å². The van der Waals surface area contributed by atoms with Crippen molar-refractivity contribution in [1.29, 1.82) is 0 Å². The summed E-state index contributed by atoms with van der Waals surface area (Å²) in [4.78, 5) is 4.19. The van der Waals surface area contributed by atoms with Crippen LogP contribution in [0.25, 0.3) is 0 Å². The molecule has 2 heterocycles. The average molecular weight is 704 g/mol. The summed E-state index contributed by atoms with van der Waals surface area (Å²) in [6.07, 6.45) is -4.25. The Morgan fingerprint density at radius 3 is 0.854 bits per heavy atom. The summed E-state index contributed by atoms with van der Waals surface area (Å²) >= 11 is 0. The van der Waals surface area contributed by atoms with Crippen LogP contribution in [0.1, 0.15) is 57.3 Å². The fourth-order valence-electron chi connectivity index (χ4n) is 4.94. The molecule has 0 spiro atoms. The highest BCUT2D eigenvalue weighted by molar-refractivity contribution is 5.47. The molecule has 5 aromatic rings. The Bertz CT molecular complexity index is 1910. The number of nitrogens with one attached hydrogen (secondary N) is 2. The second kappa shape index (κ2) is 12.3. The summed E-state index contributed by atoms with van der Waals surface area (Å²) in [6.45, 7) is 0. The van der Waals surface area contributed by atoms with Crippen LogP contribution in [0, 0.1) is 87.3 Å². The second-order valence-corrected chi connectivity index (χ2v) is 9.97. The zero-order valence-electron chi connectivity index (χ0n) is 22.6. The Balaban J connectivity index is 1.69. The minimum absolute atomic E-state index is 0.540. The van der Waals surface area contributed by atoms with Crippen molar-refractivity contribution in [3.63, 3.8) is 0 Å². The van der Waals surface area contributed by atoms with E-state index in [2.05, 4.69) is 9.97 Å². The van der Waals surface area contributed by atoms with Crippen LogP contribution in [0.15, 0.2) is 24.5 Å². The Labute approximate surface area is 255 Å². The molecule has 5 rings (SSSR count). The van der Waals surface area contributed by atoms with E-state index in [0.717, 1.165) is 0 Å². The number of hydrogen-bond donors (Lipinski definition) is 4. The number of aromatic nitrogens is 2. The van der Waals surface area contributed by atoms with Gasteiger partial charge in [-0.2, -0.15) is 0 Å². The molecule has 0 amide bonds. The Morgan fingerprint density at radius 1 is 0.354 bits per heavy atom. The lowest BCUT2D eigenvalue weighted by Gasteiger charge is -2.18. The van der Waals surface area contributed by atoms with Crippen molar-refractivity contribution in [1.82, 2.24) is 9.97 Å². The van der Waals surface area contributed by atoms with E-state index < -0.39 is 145 Å². The molecule has 0 saturated carbocycles. The zero-order valence-corrected chi connectivity index (χ0v) is 22.6. The molecule has 2 atom stereocenters. The number of halogens is 15. The molecule has 48 heavy (non-hydrogen) atoms. The van der Waals surface area contributed by atoms with E-state index in [1.807, 2.05) is 0 Å². The van der Waals surface area contributed by atoms with E-state index in [1.165, 1.54) is 0 Å². The fourth-order valence-corrected chi connectivity index (χ4v) is 4.94. The molecule has 4 N–H and O–H groups in total. The lowest BCUT2D eigenvalue weighted by atomic mass is 9.86. The molecule has 2 unspecified atom stereocenters. The van der Waals surface area contributed by atoms with Crippen LogP contribution in [-0.4, -0.2) is 20.2 Å². The van der Waals surface area contributed by atoms with E-state index in [9.17, 15) is 67.3 Å². The van der Waals surface area contributed by atoms with Gasteiger partial charge in [-0.1, -0.05) is 0 Å². The maximum absolute atomic E-state index is 15.1. The maximum Gasteiger partial charge on any atom is 0.200 e. The van der Waals surface area contributed by atoms with Crippen molar-refractivity contribution in [3.8, 4) is 0 Å². The Hall–Kier alpha value is -4.91. The van der Waals surface area contributed by atoms with Gasteiger partial charge in [0, 0.05) is 35.3 Å². The van der Waals surface area contributed by atoms with Gasteiger partial charge in [0.1, 0.15) is 12.2 Å². The van der Waals surface area contributed by atoms with Crippen molar-refractivity contribution in [3.05, 3.63) is 151 Å². The third-order valence-electron chi connectivity index (χ3n) is 7.28. The summed E-state index contributed by atoms with van der Waals surface area (Å²) in [6, 6.07) is 1.08. The minimum atomic E-state index is -2.75. The van der Waals surface area contributed by atoms with Gasteiger partial charge in [0.25, 0.3) is 0 Å². The molecule has 2 aromatic heterocycles.